The molecule has 1 N–H and O–H groups in total. The Morgan fingerprint density at radius 1 is 1.32 bits per heavy atom. The third kappa shape index (κ3) is 2.94. The van der Waals surface area contributed by atoms with Crippen LogP contribution in [0.15, 0.2) is 24.3 Å². The number of nitrogens with zero attached hydrogens (tertiary/aromatic N) is 4. The minimum absolute atomic E-state index is 0.142. The number of nitrogens with one attached hydrogen (secondary N) is 1. The Labute approximate surface area is 147 Å². The van der Waals surface area contributed by atoms with E-state index in [0.717, 1.165) is 24.6 Å². The van der Waals surface area contributed by atoms with Crippen molar-refractivity contribution in [2.24, 2.45) is 0 Å². The Kier molecular flexibility index (Phi) is 4.27. The Bertz CT molecular complexity index is 788. The summed E-state index contributed by atoms with van der Waals surface area (Å²) in [5.74, 6) is 1.79. The lowest BCUT2D eigenvalue weighted by atomic mass is 9.95. The van der Waals surface area contributed by atoms with Crippen LogP contribution in [0.5, 0.6) is 0 Å². The first kappa shape index (κ1) is 16.2. The maximum absolute atomic E-state index is 13.0. The second-order valence-corrected chi connectivity index (χ2v) is 6.81. The van der Waals surface area contributed by atoms with Gasteiger partial charge in [-0.3, -0.25) is 4.79 Å². The molecule has 0 radical (unpaired) electrons. The van der Waals surface area contributed by atoms with Gasteiger partial charge in [0.2, 0.25) is 5.91 Å². The van der Waals surface area contributed by atoms with Gasteiger partial charge < -0.3 is 19.5 Å². The van der Waals surface area contributed by atoms with Gasteiger partial charge in [-0.05, 0) is 24.5 Å². The Balaban J connectivity index is 1.50. The fraction of sp³-hybridized carbons (Fsp3) is 0.500. The van der Waals surface area contributed by atoms with Crippen molar-refractivity contribution >= 4 is 5.91 Å². The minimum atomic E-state index is -0.171. The van der Waals surface area contributed by atoms with Crippen LogP contribution in [0.2, 0.25) is 0 Å². The molecule has 0 fully saturated rings. The monoisotopic (exact) mass is 341 g/mol. The lowest BCUT2D eigenvalue weighted by Gasteiger charge is -2.36. The zero-order chi connectivity index (χ0) is 17.4. The van der Waals surface area contributed by atoms with Crippen molar-refractivity contribution in [3.05, 3.63) is 47.0 Å². The Morgan fingerprint density at radius 2 is 2.12 bits per heavy atom. The highest BCUT2D eigenvalue weighted by Gasteiger charge is 2.33. The summed E-state index contributed by atoms with van der Waals surface area (Å²) in [6.45, 7) is 4.44. The molecule has 3 heterocycles. The molecule has 0 bridgehead atoms. The summed E-state index contributed by atoms with van der Waals surface area (Å²) in [4.78, 5) is 14.9. The molecule has 0 saturated heterocycles. The molecule has 0 unspecified atom stereocenters. The Morgan fingerprint density at radius 3 is 2.92 bits per heavy atom. The zero-order valence-electron chi connectivity index (χ0n) is 14.6. The van der Waals surface area contributed by atoms with Crippen molar-refractivity contribution in [2.45, 2.75) is 45.1 Å². The molecule has 1 aromatic heterocycles. The molecule has 1 aromatic carbocycles. The molecular weight excluding hydrogens is 318 g/mol. The number of hydrogen-bond acceptors (Lipinski definition) is 5. The SMILES string of the molecule is COCc1nnc2n1[C@@H](C)CN(C(=O)[C@H]1Cc3ccccc3CN1)C2. The standard InChI is InChI=1S/C18H23N5O2/c1-12-9-22(10-16-20-21-17(11-25-2)23(12)16)18(24)15-7-13-5-3-4-6-14(13)8-19-15/h3-6,12,15,19H,7-11H2,1-2H3/t12-,15+/m0/s1. The van der Waals surface area contributed by atoms with E-state index < -0.39 is 0 Å². The summed E-state index contributed by atoms with van der Waals surface area (Å²) in [5.41, 5.74) is 2.54. The number of ether oxygens (including phenoxy) is 1. The van der Waals surface area contributed by atoms with Gasteiger partial charge in [0.05, 0.1) is 18.6 Å². The molecule has 2 aliphatic heterocycles. The zero-order valence-corrected chi connectivity index (χ0v) is 14.6. The van der Waals surface area contributed by atoms with Crippen LogP contribution in [-0.4, -0.2) is 45.3 Å². The number of fused-ring (bicyclic) bond motifs is 2. The van der Waals surface area contributed by atoms with Crippen LogP contribution in [0.1, 0.15) is 35.7 Å². The molecular formula is C18H23N5O2. The molecule has 2 atom stereocenters. The summed E-state index contributed by atoms with van der Waals surface area (Å²) < 4.78 is 7.28. The topological polar surface area (TPSA) is 72.3 Å². The van der Waals surface area contributed by atoms with Crippen LogP contribution >= 0.6 is 0 Å². The van der Waals surface area contributed by atoms with E-state index in [1.54, 1.807) is 7.11 Å². The maximum atomic E-state index is 13.0. The maximum Gasteiger partial charge on any atom is 0.240 e. The third-order valence-electron chi connectivity index (χ3n) is 5.06. The fourth-order valence-corrected chi connectivity index (χ4v) is 3.86. The largest absolute Gasteiger partial charge is 0.377 e. The van der Waals surface area contributed by atoms with Gasteiger partial charge in [-0.25, -0.2) is 0 Å². The smallest absolute Gasteiger partial charge is 0.240 e. The van der Waals surface area contributed by atoms with Crippen LogP contribution in [-0.2, 0) is 35.6 Å². The molecule has 1 amide bonds. The number of methoxy groups -OCH3 is 1. The average molecular weight is 341 g/mol. The van der Waals surface area contributed by atoms with E-state index >= 15 is 0 Å². The molecule has 7 nitrogen and oxygen atoms in total. The van der Waals surface area contributed by atoms with E-state index in [1.807, 2.05) is 17.0 Å². The summed E-state index contributed by atoms with van der Waals surface area (Å²) in [6.07, 6.45) is 0.738. The van der Waals surface area contributed by atoms with Crippen LogP contribution in [0.25, 0.3) is 0 Å². The first-order valence-electron chi connectivity index (χ1n) is 8.68. The number of rotatable bonds is 3. The van der Waals surface area contributed by atoms with E-state index in [2.05, 4.69) is 39.1 Å². The number of aromatic nitrogens is 3. The van der Waals surface area contributed by atoms with Crippen LogP contribution < -0.4 is 5.32 Å². The summed E-state index contributed by atoms with van der Waals surface area (Å²) in [5, 5.41) is 11.8. The highest BCUT2D eigenvalue weighted by molar-refractivity contribution is 5.82. The number of benzene rings is 1. The average Bonchev–Trinajstić information content (AvgIpc) is 3.04. The van der Waals surface area contributed by atoms with Crippen molar-refractivity contribution in [1.82, 2.24) is 25.0 Å². The second kappa shape index (κ2) is 6.57. The van der Waals surface area contributed by atoms with Crippen LogP contribution in [0.4, 0.5) is 0 Å². The molecule has 2 aromatic rings. The highest BCUT2D eigenvalue weighted by Crippen LogP contribution is 2.24. The quantitative estimate of drug-likeness (QED) is 0.903. The van der Waals surface area contributed by atoms with E-state index in [1.165, 1.54) is 11.1 Å². The number of hydrogen-bond donors (Lipinski definition) is 1. The number of carbonyl (C=O) groups excluding carboxylic acids is 1. The van der Waals surface area contributed by atoms with Crippen molar-refractivity contribution < 1.29 is 9.53 Å². The molecule has 4 rings (SSSR count). The summed E-state index contributed by atoms with van der Waals surface area (Å²) >= 11 is 0. The first-order chi connectivity index (χ1) is 12.2. The molecule has 0 spiro atoms. The van der Waals surface area contributed by atoms with Crippen molar-refractivity contribution in [3.8, 4) is 0 Å². The molecule has 7 heteroatoms. The lowest BCUT2D eigenvalue weighted by Crippen LogP contribution is -2.52. The van der Waals surface area contributed by atoms with Gasteiger partial charge in [-0.15, -0.1) is 10.2 Å². The Hall–Kier alpha value is -2.25. The van der Waals surface area contributed by atoms with E-state index in [4.69, 9.17) is 4.74 Å². The van der Waals surface area contributed by atoms with Gasteiger partial charge in [-0.2, -0.15) is 0 Å². The molecule has 0 aliphatic carbocycles. The summed E-state index contributed by atoms with van der Waals surface area (Å²) in [6, 6.07) is 8.28. The van der Waals surface area contributed by atoms with Crippen molar-refractivity contribution in [3.63, 3.8) is 0 Å². The highest BCUT2D eigenvalue weighted by atomic mass is 16.5. The predicted molar refractivity (Wildman–Crippen MR) is 91.6 cm³/mol. The molecule has 2 aliphatic rings. The molecule has 132 valence electrons. The van der Waals surface area contributed by atoms with E-state index in [0.29, 0.717) is 19.7 Å². The number of amides is 1. The van der Waals surface area contributed by atoms with Gasteiger partial charge in [0.25, 0.3) is 0 Å². The lowest BCUT2D eigenvalue weighted by molar-refractivity contribution is -0.135. The van der Waals surface area contributed by atoms with Gasteiger partial charge in [0.1, 0.15) is 6.61 Å². The van der Waals surface area contributed by atoms with Crippen molar-refractivity contribution in [2.75, 3.05) is 13.7 Å². The normalized spacial score (nSPS) is 22.4. The van der Waals surface area contributed by atoms with Gasteiger partial charge in [0.15, 0.2) is 11.6 Å². The van der Waals surface area contributed by atoms with Gasteiger partial charge >= 0.3 is 0 Å². The fourth-order valence-electron chi connectivity index (χ4n) is 3.86. The number of carbonyl (C=O) groups is 1. The van der Waals surface area contributed by atoms with E-state index in [9.17, 15) is 4.79 Å². The van der Waals surface area contributed by atoms with Crippen LogP contribution in [0.3, 0.4) is 0 Å². The predicted octanol–water partition coefficient (Wildman–Crippen LogP) is 1.04. The third-order valence-corrected chi connectivity index (χ3v) is 5.06. The van der Waals surface area contributed by atoms with Crippen molar-refractivity contribution in [1.29, 1.82) is 0 Å². The van der Waals surface area contributed by atoms with Crippen LogP contribution in [0, 0.1) is 0 Å². The summed E-state index contributed by atoms with van der Waals surface area (Å²) in [7, 11) is 1.65. The molecule has 0 saturated carbocycles. The second-order valence-electron chi connectivity index (χ2n) is 6.81. The molecule has 25 heavy (non-hydrogen) atoms. The first-order valence-corrected chi connectivity index (χ1v) is 8.68. The minimum Gasteiger partial charge on any atom is -0.377 e. The van der Waals surface area contributed by atoms with E-state index in [-0.39, 0.29) is 18.0 Å². The van der Waals surface area contributed by atoms with Gasteiger partial charge in [-0.1, -0.05) is 24.3 Å². The van der Waals surface area contributed by atoms with Gasteiger partial charge in [0, 0.05) is 20.2 Å².